The van der Waals surface area contributed by atoms with Gasteiger partial charge in [-0.25, -0.2) is 8.42 Å². The van der Waals surface area contributed by atoms with E-state index in [0.29, 0.717) is 18.8 Å². The molecule has 1 N–H and O–H groups in total. The number of rotatable bonds is 6. The summed E-state index contributed by atoms with van der Waals surface area (Å²) in [6.45, 7) is 8.31. The lowest BCUT2D eigenvalue weighted by Crippen LogP contribution is -2.53. The van der Waals surface area contributed by atoms with E-state index in [1.165, 1.54) is 9.87 Å². The predicted molar refractivity (Wildman–Crippen MR) is 133 cm³/mol. The van der Waals surface area contributed by atoms with Crippen molar-refractivity contribution in [1.29, 1.82) is 0 Å². The van der Waals surface area contributed by atoms with Crippen LogP contribution in [0.2, 0.25) is 5.02 Å². The first-order chi connectivity index (χ1) is 15.8. The second kappa shape index (κ2) is 10.0. The van der Waals surface area contributed by atoms with Crippen molar-refractivity contribution in [2.24, 2.45) is 0 Å². The highest BCUT2D eigenvalue weighted by atomic mass is 35.5. The Morgan fingerprint density at radius 3 is 2.24 bits per heavy atom. The monoisotopic (exact) mass is 490 g/mol. The molecule has 0 bridgehead atoms. The molecule has 2 saturated heterocycles. The molecule has 0 radical (unpaired) electrons. The van der Waals surface area contributed by atoms with Crippen molar-refractivity contribution in [3.05, 3.63) is 53.1 Å². The first-order valence-corrected chi connectivity index (χ1v) is 13.2. The molecule has 2 aliphatic heterocycles. The maximum atomic E-state index is 12.8. The highest BCUT2D eigenvalue weighted by Crippen LogP contribution is 2.26. The van der Waals surface area contributed by atoms with Gasteiger partial charge in [0.2, 0.25) is 15.9 Å². The first-order valence-electron chi connectivity index (χ1n) is 11.4. The Bertz CT molecular complexity index is 1090. The van der Waals surface area contributed by atoms with Crippen molar-refractivity contribution >= 4 is 38.9 Å². The zero-order chi connectivity index (χ0) is 23.6. The normalized spacial score (nSPS) is 18.9. The zero-order valence-corrected chi connectivity index (χ0v) is 20.7. The van der Waals surface area contributed by atoms with Crippen molar-refractivity contribution < 1.29 is 13.2 Å². The van der Waals surface area contributed by atoms with Gasteiger partial charge in [-0.2, -0.15) is 4.31 Å². The number of anilines is 2. The molecule has 178 valence electrons. The number of piperazine rings is 1. The zero-order valence-electron chi connectivity index (χ0n) is 19.1. The van der Waals surface area contributed by atoms with E-state index in [1.54, 1.807) is 24.3 Å². The Hall–Kier alpha value is -2.13. The van der Waals surface area contributed by atoms with E-state index < -0.39 is 10.0 Å². The van der Waals surface area contributed by atoms with Crippen LogP contribution >= 0.6 is 11.6 Å². The van der Waals surface area contributed by atoms with Gasteiger partial charge in [-0.3, -0.25) is 9.69 Å². The molecule has 2 heterocycles. The van der Waals surface area contributed by atoms with Crippen LogP contribution in [0.5, 0.6) is 0 Å². The van der Waals surface area contributed by atoms with E-state index in [2.05, 4.69) is 22.0 Å². The van der Waals surface area contributed by atoms with Gasteiger partial charge in [0.15, 0.2) is 0 Å². The van der Waals surface area contributed by atoms with Crippen LogP contribution in [0.4, 0.5) is 11.4 Å². The summed E-state index contributed by atoms with van der Waals surface area (Å²) in [5.74, 6) is -0.0995. The van der Waals surface area contributed by atoms with Crippen LogP contribution in [0.1, 0.15) is 25.3 Å². The van der Waals surface area contributed by atoms with Gasteiger partial charge in [-0.1, -0.05) is 17.7 Å². The Morgan fingerprint density at radius 2 is 1.61 bits per heavy atom. The molecule has 7 nitrogen and oxygen atoms in total. The fourth-order valence-electron chi connectivity index (χ4n) is 4.47. The Morgan fingerprint density at radius 1 is 0.970 bits per heavy atom. The van der Waals surface area contributed by atoms with Crippen molar-refractivity contribution in [2.45, 2.75) is 37.6 Å². The molecule has 0 spiro atoms. The van der Waals surface area contributed by atoms with Crippen molar-refractivity contribution in [2.75, 3.05) is 49.5 Å². The molecule has 33 heavy (non-hydrogen) atoms. The summed E-state index contributed by atoms with van der Waals surface area (Å²) in [6.07, 6.45) is 1.80. The third kappa shape index (κ3) is 5.35. The second-order valence-electron chi connectivity index (χ2n) is 8.75. The van der Waals surface area contributed by atoms with Crippen LogP contribution in [0.25, 0.3) is 0 Å². The van der Waals surface area contributed by atoms with Crippen molar-refractivity contribution in [1.82, 2.24) is 9.21 Å². The number of nitrogens with one attached hydrogen (secondary N) is 1. The third-order valence-electron chi connectivity index (χ3n) is 6.58. The number of carbonyl (C=O) groups is 1. The van der Waals surface area contributed by atoms with Crippen molar-refractivity contribution in [3.8, 4) is 0 Å². The molecule has 1 amide bonds. The fraction of sp³-hybridized carbons (Fsp3) is 0.458. The maximum Gasteiger partial charge on any atom is 0.243 e. The van der Waals surface area contributed by atoms with E-state index in [0.717, 1.165) is 49.7 Å². The lowest BCUT2D eigenvalue weighted by molar-refractivity contribution is -0.120. The number of carbonyl (C=O) groups excluding carboxylic acids is 1. The minimum absolute atomic E-state index is 0.0995. The molecule has 0 aliphatic carbocycles. The largest absolute Gasteiger partial charge is 0.369 e. The summed E-state index contributed by atoms with van der Waals surface area (Å²) in [7, 11) is -3.45. The van der Waals surface area contributed by atoms with Gasteiger partial charge in [0.1, 0.15) is 0 Å². The molecule has 2 aromatic carbocycles. The standard InChI is InChI=1S/C24H31ClN4O3S/c1-18-5-6-20(25)17-23(18)28-15-13-27(14-16-28)19(2)24(30)26-21-7-9-22(10-8-21)33(31,32)29-11-3-4-12-29/h5-10,17,19H,3-4,11-16H2,1-2H3,(H,26,30)/t19-/m0/s1. The van der Waals surface area contributed by atoms with Gasteiger partial charge in [0, 0.05) is 55.7 Å². The van der Waals surface area contributed by atoms with Gasteiger partial charge in [-0.05, 0) is 68.7 Å². The molecule has 4 rings (SSSR count). The number of hydrogen-bond acceptors (Lipinski definition) is 5. The number of sulfonamides is 1. The predicted octanol–water partition coefficient (Wildman–Crippen LogP) is 3.58. The summed E-state index contributed by atoms with van der Waals surface area (Å²) in [5, 5.41) is 3.65. The minimum atomic E-state index is -3.45. The average Bonchev–Trinajstić information content (AvgIpc) is 3.37. The molecule has 0 aromatic heterocycles. The average molecular weight is 491 g/mol. The van der Waals surface area contributed by atoms with Crippen LogP contribution < -0.4 is 10.2 Å². The lowest BCUT2D eigenvalue weighted by Gasteiger charge is -2.39. The van der Waals surface area contributed by atoms with Crippen LogP contribution in [0.3, 0.4) is 0 Å². The number of amides is 1. The van der Waals surface area contributed by atoms with Gasteiger partial charge >= 0.3 is 0 Å². The SMILES string of the molecule is Cc1ccc(Cl)cc1N1CCN([C@@H](C)C(=O)Nc2ccc(S(=O)(=O)N3CCCC3)cc2)CC1. The number of halogens is 1. The molecular formula is C24H31ClN4O3S. The van der Waals surface area contributed by atoms with E-state index in [1.807, 2.05) is 25.1 Å². The van der Waals surface area contributed by atoms with Crippen LogP contribution in [-0.2, 0) is 14.8 Å². The Balaban J connectivity index is 1.33. The van der Waals surface area contributed by atoms with E-state index in [-0.39, 0.29) is 16.8 Å². The maximum absolute atomic E-state index is 12.8. The summed E-state index contributed by atoms with van der Waals surface area (Å²) in [6, 6.07) is 12.1. The van der Waals surface area contributed by atoms with E-state index in [4.69, 9.17) is 11.6 Å². The van der Waals surface area contributed by atoms with Crippen LogP contribution in [0, 0.1) is 6.92 Å². The number of benzene rings is 2. The van der Waals surface area contributed by atoms with Gasteiger partial charge in [0.25, 0.3) is 0 Å². The molecule has 2 fully saturated rings. The number of aryl methyl sites for hydroxylation is 1. The molecule has 2 aliphatic rings. The van der Waals surface area contributed by atoms with Gasteiger partial charge in [0.05, 0.1) is 10.9 Å². The number of nitrogens with zero attached hydrogens (tertiary/aromatic N) is 3. The molecule has 2 aromatic rings. The van der Waals surface area contributed by atoms with Gasteiger partial charge in [-0.15, -0.1) is 0 Å². The highest BCUT2D eigenvalue weighted by molar-refractivity contribution is 7.89. The van der Waals surface area contributed by atoms with E-state index in [9.17, 15) is 13.2 Å². The molecular weight excluding hydrogens is 460 g/mol. The first kappa shape index (κ1) is 24.0. The van der Waals surface area contributed by atoms with E-state index >= 15 is 0 Å². The van der Waals surface area contributed by atoms with Crippen molar-refractivity contribution in [3.63, 3.8) is 0 Å². The Kier molecular flexibility index (Phi) is 7.28. The molecule has 0 saturated carbocycles. The molecule has 9 heteroatoms. The quantitative estimate of drug-likeness (QED) is 0.670. The third-order valence-corrected chi connectivity index (χ3v) is 8.73. The minimum Gasteiger partial charge on any atom is -0.369 e. The topological polar surface area (TPSA) is 73.0 Å². The summed E-state index contributed by atoms with van der Waals surface area (Å²) in [4.78, 5) is 17.6. The Labute approximate surface area is 201 Å². The number of hydrogen-bond donors (Lipinski definition) is 1. The second-order valence-corrected chi connectivity index (χ2v) is 11.1. The fourth-order valence-corrected chi connectivity index (χ4v) is 6.16. The summed E-state index contributed by atoms with van der Waals surface area (Å²) < 4.78 is 26.9. The highest BCUT2D eigenvalue weighted by Gasteiger charge is 2.28. The smallest absolute Gasteiger partial charge is 0.243 e. The van der Waals surface area contributed by atoms with Crippen LogP contribution in [0.15, 0.2) is 47.4 Å². The molecule has 0 unspecified atom stereocenters. The van der Waals surface area contributed by atoms with Crippen LogP contribution in [-0.4, -0.2) is 68.8 Å². The molecule has 1 atom stereocenters. The summed E-state index contributed by atoms with van der Waals surface area (Å²) in [5.41, 5.74) is 2.93. The summed E-state index contributed by atoms with van der Waals surface area (Å²) >= 11 is 6.18. The lowest BCUT2D eigenvalue weighted by atomic mass is 10.1. The van der Waals surface area contributed by atoms with Gasteiger partial charge < -0.3 is 10.2 Å².